The molecule has 1 aliphatic rings. The van der Waals surface area contributed by atoms with E-state index in [0.29, 0.717) is 5.13 Å². The summed E-state index contributed by atoms with van der Waals surface area (Å²) in [5.74, 6) is -2.33. The molecule has 1 amide bonds. The predicted molar refractivity (Wildman–Crippen MR) is 97.6 cm³/mol. The third kappa shape index (κ3) is 2.63. The predicted octanol–water partition coefficient (Wildman–Crippen LogP) is 3.97. The lowest BCUT2D eigenvalue weighted by Crippen LogP contribution is -2.28. The fraction of sp³-hybridized carbons (Fsp3) is 0.0556. The number of thiophene rings is 1. The maximum atomic E-state index is 13.2. The monoisotopic (exact) mass is 386 g/mol. The van der Waals surface area contributed by atoms with Gasteiger partial charge in [-0.3, -0.25) is 14.5 Å². The Labute approximate surface area is 155 Å². The number of carbonyl (C=O) groups excluding carboxylic acids is 2. The first kappa shape index (κ1) is 16.6. The molecule has 130 valence electrons. The van der Waals surface area contributed by atoms with Gasteiger partial charge >= 0.3 is 5.91 Å². The Bertz CT molecular complexity index is 996. The zero-order chi connectivity index (χ0) is 18.3. The molecule has 3 aromatic rings. The molecule has 2 aromatic heterocycles. The van der Waals surface area contributed by atoms with Crippen molar-refractivity contribution in [1.29, 1.82) is 0 Å². The van der Waals surface area contributed by atoms with Crippen molar-refractivity contribution in [3.8, 4) is 0 Å². The molecule has 0 bridgehead atoms. The molecular formula is C18H11FN2O3S2. The average Bonchev–Trinajstić information content (AvgIpc) is 3.37. The van der Waals surface area contributed by atoms with Crippen LogP contribution < -0.4 is 4.90 Å². The van der Waals surface area contributed by atoms with Crippen molar-refractivity contribution in [2.45, 2.75) is 6.04 Å². The number of aromatic nitrogens is 1. The molecule has 8 heteroatoms. The van der Waals surface area contributed by atoms with Crippen LogP contribution in [0.25, 0.3) is 5.76 Å². The number of hydrogen-bond acceptors (Lipinski definition) is 6. The molecule has 1 saturated heterocycles. The highest BCUT2D eigenvalue weighted by atomic mass is 32.1. The van der Waals surface area contributed by atoms with E-state index in [0.717, 1.165) is 4.88 Å². The Morgan fingerprint density at radius 2 is 1.88 bits per heavy atom. The number of nitrogens with zero attached hydrogens (tertiary/aromatic N) is 2. The van der Waals surface area contributed by atoms with E-state index < -0.39 is 23.5 Å². The molecule has 1 aromatic carbocycles. The first-order valence-electron chi connectivity index (χ1n) is 7.58. The van der Waals surface area contributed by atoms with Crippen LogP contribution in [-0.4, -0.2) is 21.8 Å². The smallest absolute Gasteiger partial charge is 0.301 e. The molecule has 4 rings (SSSR count). The van der Waals surface area contributed by atoms with Gasteiger partial charge in [0.05, 0.1) is 5.57 Å². The molecule has 1 N–H and O–H groups in total. The molecule has 1 fully saturated rings. The number of thiazole rings is 1. The number of anilines is 1. The van der Waals surface area contributed by atoms with Gasteiger partial charge in [-0.25, -0.2) is 9.37 Å². The summed E-state index contributed by atoms with van der Waals surface area (Å²) in [5.41, 5.74) is 0.240. The Hall–Kier alpha value is -2.84. The molecule has 1 atom stereocenters. The lowest BCUT2D eigenvalue weighted by atomic mass is 10.00. The zero-order valence-corrected chi connectivity index (χ0v) is 14.8. The molecule has 0 saturated carbocycles. The van der Waals surface area contributed by atoms with Gasteiger partial charge in [-0.2, -0.15) is 0 Å². The van der Waals surface area contributed by atoms with E-state index >= 15 is 0 Å². The van der Waals surface area contributed by atoms with E-state index in [1.807, 2.05) is 5.38 Å². The molecule has 3 heterocycles. The van der Waals surface area contributed by atoms with Crippen molar-refractivity contribution >= 4 is 45.3 Å². The summed E-state index contributed by atoms with van der Waals surface area (Å²) in [6.07, 6.45) is 1.55. The number of halogens is 1. The van der Waals surface area contributed by atoms with Crippen LogP contribution in [0.3, 0.4) is 0 Å². The Morgan fingerprint density at radius 3 is 2.50 bits per heavy atom. The highest BCUT2D eigenvalue weighted by Gasteiger charge is 2.48. The second kappa shape index (κ2) is 6.47. The Morgan fingerprint density at radius 1 is 1.12 bits per heavy atom. The molecule has 5 nitrogen and oxygen atoms in total. The number of aliphatic hydroxyl groups excluding tert-OH is 1. The van der Waals surface area contributed by atoms with Gasteiger partial charge in [0, 0.05) is 22.0 Å². The standard InChI is InChI=1S/C18H11FN2O3S2/c19-11-5-3-10(4-6-11)15(22)13-14(12-2-1-8-25-12)21(17(24)16(13)23)18-20-7-9-26-18/h1-9,14,22H/b15-13-. The van der Waals surface area contributed by atoms with E-state index in [9.17, 15) is 19.1 Å². The second-order valence-electron chi connectivity index (χ2n) is 5.51. The molecule has 1 aliphatic heterocycles. The molecule has 1 unspecified atom stereocenters. The van der Waals surface area contributed by atoms with Crippen LogP contribution in [0, 0.1) is 5.82 Å². The van der Waals surface area contributed by atoms with Crippen LogP contribution in [0.4, 0.5) is 9.52 Å². The van der Waals surface area contributed by atoms with Gasteiger partial charge in [-0.15, -0.1) is 22.7 Å². The molecule has 0 radical (unpaired) electrons. The maximum Gasteiger partial charge on any atom is 0.301 e. The van der Waals surface area contributed by atoms with E-state index in [-0.39, 0.29) is 16.9 Å². The topological polar surface area (TPSA) is 70.5 Å². The summed E-state index contributed by atoms with van der Waals surface area (Å²) in [7, 11) is 0. The van der Waals surface area contributed by atoms with Crippen LogP contribution in [0.5, 0.6) is 0 Å². The van der Waals surface area contributed by atoms with E-state index in [2.05, 4.69) is 4.98 Å². The number of ketones is 1. The Kier molecular flexibility index (Phi) is 4.14. The van der Waals surface area contributed by atoms with Crippen molar-refractivity contribution in [3.05, 3.63) is 75.2 Å². The minimum atomic E-state index is -0.791. The Balaban J connectivity index is 1.92. The third-order valence-electron chi connectivity index (χ3n) is 4.00. The zero-order valence-electron chi connectivity index (χ0n) is 13.1. The number of carbonyl (C=O) groups is 2. The van der Waals surface area contributed by atoms with Gasteiger partial charge in [0.1, 0.15) is 17.6 Å². The number of aliphatic hydroxyl groups is 1. The highest BCUT2D eigenvalue weighted by molar-refractivity contribution is 7.14. The second-order valence-corrected chi connectivity index (χ2v) is 7.36. The van der Waals surface area contributed by atoms with Gasteiger partial charge < -0.3 is 5.11 Å². The van der Waals surface area contributed by atoms with Crippen LogP contribution >= 0.6 is 22.7 Å². The maximum absolute atomic E-state index is 13.2. The van der Waals surface area contributed by atoms with Gasteiger partial charge in [-0.05, 0) is 35.7 Å². The first-order valence-corrected chi connectivity index (χ1v) is 9.33. The summed E-state index contributed by atoms with van der Waals surface area (Å²) < 4.78 is 13.2. The number of amides is 1. The van der Waals surface area contributed by atoms with E-state index in [1.54, 1.807) is 23.7 Å². The van der Waals surface area contributed by atoms with Crippen molar-refractivity contribution in [2.75, 3.05) is 4.90 Å². The van der Waals surface area contributed by atoms with Crippen LogP contribution in [0.15, 0.2) is 58.9 Å². The minimum absolute atomic E-state index is 0.0285. The average molecular weight is 386 g/mol. The number of Topliss-reactive ketones (excluding diaryl/α,β-unsaturated/α-hetero) is 1. The summed E-state index contributed by atoms with van der Waals surface area (Å²) in [5, 5.41) is 14.6. The molecular weight excluding hydrogens is 375 g/mol. The molecule has 0 aliphatic carbocycles. The van der Waals surface area contributed by atoms with Gasteiger partial charge in [0.15, 0.2) is 5.13 Å². The SMILES string of the molecule is O=C1C(=O)N(c2nccs2)C(c2cccs2)/C1=C(/O)c1ccc(F)cc1. The fourth-order valence-corrected chi connectivity index (χ4v) is 4.33. The summed E-state index contributed by atoms with van der Waals surface area (Å²) >= 11 is 2.60. The number of benzene rings is 1. The van der Waals surface area contributed by atoms with E-state index in [4.69, 9.17) is 0 Å². The van der Waals surface area contributed by atoms with Gasteiger partial charge in [0.2, 0.25) is 0 Å². The lowest BCUT2D eigenvalue weighted by Gasteiger charge is -2.21. The van der Waals surface area contributed by atoms with Crippen LogP contribution in [0.2, 0.25) is 0 Å². The fourth-order valence-electron chi connectivity index (χ4n) is 2.84. The van der Waals surface area contributed by atoms with Crippen LogP contribution in [-0.2, 0) is 9.59 Å². The van der Waals surface area contributed by atoms with Crippen molar-refractivity contribution in [2.24, 2.45) is 0 Å². The van der Waals surface area contributed by atoms with Gasteiger partial charge in [0.25, 0.3) is 5.78 Å². The summed E-state index contributed by atoms with van der Waals surface area (Å²) in [4.78, 5) is 31.5. The van der Waals surface area contributed by atoms with E-state index in [1.165, 1.54) is 51.8 Å². The minimum Gasteiger partial charge on any atom is -0.507 e. The van der Waals surface area contributed by atoms with Crippen LogP contribution in [0.1, 0.15) is 16.5 Å². The first-order chi connectivity index (χ1) is 12.6. The van der Waals surface area contributed by atoms with Crippen molar-refractivity contribution < 1.29 is 19.1 Å². The normalized spacial score (nSPS) is 19.3. The molecule has 0 spiro atoms. The summed E-state index contributed by atoms with van der Waals surface area (Å²) in [6.45, 7) is 0. The molecule has 26 heavy (non-hydrogen) atoms. The summed E-state index contributed by atoms with van der Waals surface area (Å²) in [6, 6.07) is 7.93. The quantitative estimate of drug-likeness (QED) is 0.420. The largest absolute Gasteiger partial charge is 0.507 e. The number of rotatable bonds is 3. The third-order valence-corrected chi connectivity index (χ3v) is 5.70. The van der Waals surface area contributed by atoms with Gasteiger partial charge in [-0.1, -0.05) is 6.07 Å². The lowest BCUT2D eigenvalue weighted by molar-refractivity contribution is -0.132. The highest BCUT2D eigenvalue weighted by Crippen LogP contribution is 2.43. The van der Waals surface area contributed by atoms with Crippen molar-refractivity contribution in [1.82, 2.24) is 4.98 Å². The number of hydrogen-bond donors (Lipinski definition) is 1. The van der Waals surface area contributed by atoms with Crippen molar-refractivity contribution in [3.63, 3.8) is 0 Å².